The Balaban J connectivity index is 3.46. The van der Waals surface area contributed by atoms with E-state index in [2.05, 4.69) is 22.5 Å². The molecule has 0 aromatic heterocycles. The van der Waals surface area contributed by atoms with Gasteiger partial charge in [0.1, 0.15) is 0 Å². The number of amides is 1. The van der Waals surface area contributed by atoms with Crippen LogP contribution in [0.4, 0.5) is 0 Å². The summed E-state index contributed by atoms with van der Waals surface area (Å²) in [5.41, 5.74) is 0. The predicted octanol–water partition coefficient (Wildman–Crippen LogP) is -0.338. The maximum absolute atomic E-state index is 11.2. The van der Waals surface area contributed by atoms with Crippen LogP contribution in [0.1, 0.15) is 13.3 Å². The predicted molar refractivity (Wildman–Crippen MR) is 54.7 cm³/mol. The van der Waals surface area contributed by atoms with Crippen molar-refractivity contribution in [1.82, 2.24) is 15.5 Å². The molecule has 0 rings (SSSR count). The van der Waals surface area contributed by atoms with Crippen molar-refractivity contribution < 1.29 is 4.79 Å². The molecule has 0 heterocycles. The third-order valence-electron chi connectivity index (χ3n) is 2.08. The van der Waals surface area contributed by atoms with Gasteiger partial charge in [0.05, 0.1) is 0 Å². The molecule has 0 aliphatic heterocycles. The molecule has 0 aliphatic rings. The van der Waals surface area contributed by atoms with Gasteiger partial charge in [0.25, 0.3) is 0 Å². The highest BCUT2D eigenvalue weighted by molar-refractivity contribution is 5.76. The molecule has 0 aromatic rings. The van der Waals surface area contributed by atoms with E-state index in [0.29, 0.717) is 12.5 Å². The minimum absolute atomic E-state index is 0.114. The summed E-state index contributed by atoms with van der Waals surface area (Å²) < 4.78 is 0. The summed E-state index contributed by atoms with van der Waals surface area (Å²) in [5, 5.41) is 5.82. The van der Waals surface area contributed by atoms with Crippen LogP contribution >= 0.6 is 0 Å². The standard InChI is InChI=1S/C9H21N3O/c1-8(12(3)4)7-11-9(13)5-6-10-2/h8,10H,5-7H2,1-4H3,(H,11,13). The lowest BCUT2D eigenvalue weighted by Crippen LogP contribution is -2.38. The van der Waals surface area contributed by atoms with Crippen molar-refractivity contribution in [2.75, 3.05) is 34.2 Å². The summed E-state index contributed by atoms with van der Waals surface area (Å²) in [5.74, 6) is 0.114. The van der Waals surface area contributed by atoms with Crippen molar-refractivity contribution >= 4 is 5.91 Å². The van der Waals surface area contributed by atoms with Crippen molar-refractivity contribution in [3.63, 3.8) is 0 Å². The first-order chi connectivity index (χ1) is 6.07. The minimum atomic E-state index is 0.114. The third-order valence-corrected chi connectivity index (χ3v) is 2.08. The Morgan fingerprint density at radius 1 is 1.46 bits per heavy atom. The van der Waals surface area contributed by atoms with E-state index in [9.17, 15) is 4.79 Å². The lowest BCUT2D eigenvalue weighted by atomic mass is 10.3. The summed E-state index contributed by atoms with van der Waals surface area (Å²) in [4.78, 5) is 13.2. The second-order valence-electron chi connectivity index (χ2n) is 3.47. The van der Waals surface area contributed by atoms with Crippen LogP contribution in [0.15, 0.2) is 0 Å². The molecule has 1 atom stereocenters. The minimum Gasteiger partial charge on any atom is -0.355 e. The molecule has 2 N–H and O–H groups in total. The number of hydrogen-bond acceptors (Lipinski definition) is 3. The Morgan fingerprint density at radius 2 is 2.08 bits per heavy atom. The average molecular weight is 187 g/mol. The molecule has 0 fully saturated rings. The van der Waals surface area contributed by atoms with E-state index in [1.54, 1.807) is 0 Å². The first-order valence-electron chi connectivity index (χ1n) is 4.65. The maximum atomic E-state index is 11.2. The fraction of sp³-hybridized carbons (Fsp3) is 0.889. The topological polar surface area (TPSA) is 44.4 Å². The smallest absolute Gasteiger partial charge is 0.221 e. The molecule has 1 unspecified atom stereocenters. The highest BCUT2D eigenvalue weighted by Gasteiger charge is 2.05. The molecule has 0 bridgehead atoms. The molecule has 78 valence electrons. The fourth-order valence-corrected chi connectivity index (χ4v) is 0.771. The highest BCUT2D eigenvalue weighted by atomic mass is 16.1. The molecule has 0 spiro atoms. The normalized spacial score (nSPS) is 13.0. The zero-order valence-electron chi connectivity index (χ0n) is 9.05. The Bertz CT molecular complexity index is 148. The zero-order valence-corrected chi connectivity index (χ0v) is 9.05. The molecule has 4 nitrogen and oxygen atoms in total. The Kier molecular flexibility index (Phi) is 6.54. The van der Waals surface area contributed by atoms with Crippen LogP contribution in [-0.2, 0) is 4.79 Å². The van der Waals surface area contributed by atoms with Gasteiger partial charge in [0.15, 0.2) is 0 Å². The molecule has 4 heteroatoms. The van der Waals surface area contributed by atoms with Crippen LogP contribution in [-0.4, -0.2) is 51.1 Å². The van der Waals surface area contributed by atoms with Crippen LogP contribution < -0.4 is 10.6 Å². The van der Waals surface area contributed by atoms with E-state index in [0.717, 1.165) is 13.1 Å². The second kappa shape index (κ2) is 6.86. The van der Waals surface area contributed by atoms with E-state index < -0.39 is 0 Å². The van der Waals surface area contributed by atoms with Gasteiger partial charge in [-0.15, -0.1) is 0 Å². The average Bonchev–Trinajstić information content (AvgIpc) is 2.10. The molecule has 13 heavy (non-hydrogen) atoms. The van der Waals surface area contributed by atoms with Gasteiger partial charge in [-0.1, -0.05) is 0 Å². The van der Waals surface area contributed by atoms with Gasteiger partial charge in [-0.3, -0.25) is 4.79 Å². The van der Waals surface area contributed by atoms with Gasteiger partial charge < -0.3 is 15.5 Å². The molecule has 0 saturated heterocycles. The summed E-state index contributed by atoms with van der Waals surface area (Å²) in [7, 11) is 5.85. The highest BCUT2D eigenvalue weighted by Crippen LogP contribution is 1.88. The molecular formula is C9H21N3O. The molecular weight excluding hydrogens is 166 g/mol. The number of nitrogens with one attached hydrogen (secondary N) is 2. The number of nitrogens with zero attached hydrogens (tertiary/aromatic N) is 1. The first kappa shape index (κ1) is 12.4. The number of likely N-dealkylation sites (N-methyl/N-ethyl adjacent to an activating group) is 1. The Labute approximate surface area is 80.7 Å². The van der Waals surface area contributed by atoms with Crippen LogP contribution in [0.3, 0.4) is 0 Å². The first-order valence-corrected chi connectivity index (χ1v) is 4.65. The van der Waals surface area contributed by atoms with Gasteiger partial charge in [-0.05, 0) is 28.1 Å². The number of carbonyl (C=O) groups is 1. The van der Waals surface area contributed by atoms with Gasteiger partial charge in [-0.25, -0.2) is 0 Å². The van der Waals surface area contributed by atoms with Gasteiger partial charge >= 0.3 is 0 Å². The van der Waals surface area contributed by atoms with Crippen molar-refractivity contribution in [3.8, 4) is 0 Å². The summed E-state index contributed by atoms with van der Waals surface area (Å²) in [6.45, 7) is 3.54. The van der Waals surface area contributed by atoms with Gasteiger partial charge in [0, 0.05) is 25.6 Å². The van der Waals surface area contributed by atoms with Crippen LogP contribution in [0.25, 0.3) is 0 Å². The SMILES string of the molecule is CNCCC(=O)NCC(C)N(C)C. The third kappa shape index (κ3) is 6.54. The van der Waals surface area contributed by atoms with Gasteiger partial charge in [0.2, 0.25) is 5.91 Å². The van der Waals surface area contributed by atoms with Crippen LogP contribution in [0.5, 0.6) is 0 Å². The monoisotopic (exact) mass is 187 g/mol. The van der Waals surface area contributed by atoms with E-state index in [1.807, 2.05) is 21.1 Å². The van der Waals surface area contributed by atoms with E-state index >= 15 is 0 Å². The van der Waals surface area contributed by atoms with E-state index in [4.69, 9.17) is 0 Å². The summed E-state index contributed by atoms with van der Waals surface area (Å²) >= 11 is 0. The van der Waals surface area contributed by atoms with Crippen LogP contribution in [0, 0.1) is 0 Å². The van der Waals surface area contributed by atoms with Crippen molar-refractivity contribution in [1.29, 1.82) is 0 Å². The van der Waals surface area contributed by atoms with Crippen molar-refractivity contribution in [3.05, 3.63) is 0 Å². The molecule has 0 aromatic carbocycles. The van der Waals surface area contributed by atoms with E-state index in [1.165, 1.54) is 0 Å². The zero-order chi connectivity index (χ0) is 10.3. The maximum Gasteiger partial charge on any atom is 0.221 e. The lowest BCUT2D eigenvalue weighted by molar-refractivity contribution is -0.121. The summed E-state index contributed by atoms with van der Waals surface area (Å²) in [6.07, 6.45) is 0.552. The van der Waals surface area contributed by atoms with E-state index in [-0.39, 0.29) is 5.91 Å². The number of carbonyl (C=O) groups excluding carboxylic acids is 1. The molecule has 1 amide bonds. The summed E-state index contributed by atoms with van der Waals surface area (Å²) in [6, 6.07) is 0.388. The molecule has 0 aliphatic carbocycles. The number of rotatable bonds is 6. The second-order valence-corrected chi connectivity index (χ2v) is 3.47. The van der Waals surface area contributed by atoms with Crippen molar-refractivity contribution in [2.24, 2.45) is 0 Å². The Hall–Kier alpha value is -0.610. The lowest BCUT2D eigenvalue weighted by Gasteiger charge is -2.19. The fourth-order valence-electron chi connectivity index (χ4n) is 0.771. The van der Waals surface area contributed by atoms with Crippen LogP contribution in [0.2, 0.25) is 0 Å². The quantitative estimate of drug-likeness (QED) is 0.598. The largest absolute Gasteiger partial charge is 0.355 e. The van der Waals surface area contributed by atoms with Crippen molar-refractivity contribution in [2.45, 2.75) is 19.4 Å². The Morgan fingerprint density at radius 3 is 2.54 bits per heavy atom. The molecule has 0 radical (unpaired) electrons. The number of hydrogen-bond donors (Lipinski definition) is 2. The molecule has 0 saturated carbocycles. The van der Waals surface area contributed by atoms with Gasteiger partial charge in [-0.2, -0.15) is 0 Å².